The monoisotopic (exact) mass is 377 g/mol. The van der Waals surface area contributed by atoms with Gasteiger partial charge in [0.05, 0.1) is 16.8 Å². The van der Waals surface area contributed by atoms with Crippen LogP contribution < -0.4 is 10.6 Å². The summed E-state index contributed by atoms with van der Waals surface area (Å²) in [6.07, 6.45) is 0. The molecule has 2 amide bonds. The van der Waals surface area contributed by atoms with E-state index in [1.807, 2.05) is 22.4 Å². The van der Waals surface area contributed by atoms with Crippen molar-refractivity contribution < 1.29 is 9.59 Å². The van der Waals surface area contributed by atoms with E-state index >= 15 is 0 Å². The van der Waals surface area contributed by atoms with Gasteiger partial charge in [-0.3, -0.25) is 9.59 Å². The molecule has 2 aliphatic rings. The minimum Gasteiger partial charge on any atom is -0.338 e. The van der Waals surface area contributed by atoms with E-state index in [0.717, 1.165) is 26.2 Å². The Kier molecular flexibility index (Phi) is 5.42. The van der Waals surface area contributed by atoms with Gasteiger partial charge >= 0.3 is 0 Å². The Morgan fingerprint density at radius 2 is 1.84 bits per heavy atom. The fourth-order valence-corrected chi connectivity index (χ4v) is 4.19. The molecular formula is C18H20ClN3O2S. The van der Waals surface area contributed by atoms with Crippen LogP contribution in [0.4, 0.5) is 5.69 Å². The molecule has 2 aliphatic heterocycles. The molecule has 0 radical (unpaired) electrons. The van der Waals surface area contributed by atoms with E-state index in [9.17, 15) is 9.59 Å². The first-order valence-corrected chi connectivity index (χ1v) is 9.09. The smallest absolute Gasteiger partial charge is 0.256 e. The molecule has 2 fully saturated rings. The summed E-state index contributed by atoms with van der Waals surface area (Å²) in [5.41, 5.74) is 1.76. The van der Waals surface area contributed by atoms with E-state index < -0.39 is 0 Å². The molecule has 5 nitrogen and oxygen atoms in total. The fourth-order valence-electron chi connectivity index (χ4n) is 3.56. The van der Waals surface area contributed by atoms with Crippen molar-refractivity contribution in [3.63, 3.8) is 0 Å². The molecule has 4 rings (SSSR count). The summed E-state index contributed by atoms with van der Waals surface area (Å²) < 4.78 is 0. The van der Waals surface area contributed by atoms with Gasteiger partial charge in [0.2, 0.25) is 0 Å². The number of benzene rings is 1. The molecule has 2 atom stereocenters. The predicted molar refractivity (Wildman–Crippen MR) is 102 cm³/mol. The molecule has 0 spiro atoms. The normalized spacial score (nSPS) is 21.5. The Bertz CT molecular complexity index is 753. The Balaban J connectivity index is 0.00000182. The predicted octanol–water partition coefficient (Wildman–Crippen LogP) is 2.71. The van der Waals surface area contributed by atoms with Crippen LogP contribution in [0.25, 0.3) is 0 Å². The van der Waals surface area contributed by atoms with Crippen molar-refractivity contribution in [1.29, 1.82) is 0 Å². The molecule has 132 valence electrons. The molecule has 0 aliphatic carbocycles. The van der Waals surface area contributed by atoms with Crippen molar-refractivity contribution in [2.45, 2.75) is 0 Å². The molecule has 7 heteroatoms. The third-order valence-corrected chi connectivity index (χ3v) is 5.55. The van der Waals surface area contributed by atoms with Crippen LogP contribution >= 0.6 is 23.7 Å². The van der Waals surface area contributed by atoms with Crippen LogP contribution in [0.2, 0.25) is 0 Å². The average Bonchev–Trinajstić information content (AvgIpc) is 3.31. The molecule has 0 unspecified atom stereocenters. The first-order valence-electron chi connectivity index (χ1n) is 8.15. The van der Waals surface area contributed by atoms with Gasteiger partial charge in [-0.2, -0.15) is 11.3 Å². The Morgan fingerprint density at radius 3 is 2.52 bits per heavy atom. The number of rotatable bonds is 3. The minimum atomic E-state index is -0.181. The lowest BCUT2D eigenvalue weighted by Gasteiger charge is -2.19. The van der Waals surface area contributed by atoms with E-state index in [1.165, 1.54) is 11.3 Å². The van der Waals surface area contributed by atoms with E-state index in [4.69, 9.17) is 0 Å². The van der Waals surface area contributed by atoms with Crippen molar-refractivity contribution >= 4 is 41.2 Å². The zero-order chi connectivity index (χ0) is 16.5. The average molecular weight is 378 g/mol. The first kappa shape index (κ1) is 17.9. The van der Waals surface area contributed by atoms with Crippen LogP contribution in [-0.4, -0.2) is 42.9 Å². The quantitative estimate of drug-likeness (QED) is 0.864. The number of fused-ring (bicyclic) bond motifs is 1. The Morgan fingerprint density at radius 1 is 1.12 bits per heavy atom. The summed E-state index contributed by atoms with van der Waals surface area (Å²) in [7, 11) is 0. The highest BCUT2D eigenvalue weighted by Crippen LogP contribution is 2.29. The Labute approximate surface area is 156 Å². The van der Waals surface area contributed by atoms with Crippen LogP contribution in [0.3, 0.4) is 0 Å². The fraction of sp³-hybridized carbons (Fsp3) is 0.333. The van der Waals surface area contributed by atoms with Gasteiger partial charge in [-0.25, -0.2) is 0 Å². The highest BCUT2D eigenvalue weighted by atomic mass is 35.5. The molecule has 0 saturated carbocycles. The SMILES string of the molecule is Cl.O=C(Nc1ccccc1C(=O)N1C[C@H]2CNC[C@H]2C1)c1ccsc1. The van der Waals surface area contributed by atoms with Crippen LogP contribution in [0, 0.1) is 11.8 Å². The number of nitrogens with one attached hydrogen (secondary N) is 2. The third kappa shape index (κ3) is 3.56. The van der Waals surface area contributed by atoms with Gasteiger partial charge in [-0.15, -0.1) is 12.4 Å². The zero-order valence-electron chi connectivity index (χ0n) is 13.6. The topological polar surface area (TPSA) is 61.4 Å². The minimum absolute atomic E-state index is 0. The van der Waals surface area contributed by atoms with Gasteiger partial charge in [0.1, 0.15) is 0 Å². The summed E-state index contributed by atoms with van der Waals surface area (Å²) in [6.45, 7) is 3.57. The molecular weight excluding hydrogens is 358 g/mol. The van der Waals surface area contributed by atoms with Crippen molar-refractivity contribution in [3.05, 3.63) is 52.2 Å². The molecule has 2 N–H and O–H groups in total. The molecule has 3 heterocycles. The second-order valence-electron chi connectivity index (χ2n) is 6.40. The molecule has 2 saturated heterocycles. The summed E-state index contributed by atoms with van der Waals surface area (Å²) in [5.74, 6) is 0.938. The number of carbonyl (C=O) groups excluding carboxylic acids is 2. The number of nitrogens with zero attached hydrogens (tertiary/aromatic N) is 1. The van der Waals surface area contributed by atoms with Gasteiger partial charge in [-0.1, -0.05) is 12.1 Å². The van der Waals surface area contributed by atoms with Gasteiger partial charge in [-0.05, 0) is 35.4 Å². The van der Waals surface area contributed by atoms with Gasteiger partial charge in [0, 0.05) is 31.6 Å². The molecule has 0 bridgehead atoms. The number of thiophene rings is 1. The summed E-state index contributed by atoms with van der Waals surface area (Å²) >= 11 is 1.48. The van der Waals surface area contributed by atoms with Crippen molar-refractivity contribution in [2.75, 3.05) is 31.5 Å². The maximum atomic E-state index is 12.9. The van der Waals surface area contributed by atoms with Crippen LogP contribution in [-0.2, 0) is 0 Å². The number of anilines is 1. The van der Waals surface area contributed by atoms with Crippen molar-refractivity contribution in [2.24, 2.45) is 11.8 Å². The van der Waals surface area contributed by atoms with E-state index in [-0.39, 0.29) is 24.2 Å². The maximum Gasteiger partial charge on any atom is 0.256 e. The van der Waals surface area contributed by atoms with Gasteiger partial charge in [0.15, 0.2) is 0 Å². The highest BCUT2D eigenvalue weighted by molar-refractivity contribution is 7.08. The lowest BCUT2D eigenvalue weighted by atomic mass is 10.0. The van der Waals surface area contributed by atoms with E-state index in [0.29, 0.717) is 28.7 Å². The molecule has 2 aromatic rings. The van der Waals surface area contributed by atoms with Crippen LogP contribution in [0.15, 0.2) is 41.1 Å². The standard InChI is InChI=1S/C18H19N3O2S.ClH/c22-17(12-5-6-24-11-12)20-16-4-2-1-3-15(16)18(23)21-9-13-7-19-8-14(13)10-21;/h1-6,11,13-14,19H,7-10H2,(H,20,22);1H/t13-,14+;. The summed E-state index contributed by atoms with van der Waals surface area (Å²) in [4.78, 5) is 27.1. The zero-order valence-corrected chi connectivity index (χ0v) is 15.2. The lowest BCUT2D eigenvalue weighted by Crippen LogP contribution is -2.32. The third-order valence-electron chi connectivity index (χ3n) is 4.87. The largest absolute Gasteiger partial charge is 0.338 e. The number of carbonyl (C=O) groups is 2. The first-order chi connectivity index (χ1) is 11.7. The van der Waals surface area contributed by atoms with Gasteiger partial charge < -0.3 is 15.5 Å². The molecule has 1 aromatic carbocycles. The number of likely N-dealkylation sites (tertiary alicyclic amines) is 1. The Hall–Kier alpha value is -1.89. The maximum absolute atomic E-state index is 12.9. The number of amides is 2. The van der Waals surface area contributed by atoms with Gasteiger partial charge in [0.25, 0.3) is 11.8 Å². The van der Waals surface area contributed by atoms with E-state index in [1.54, 1.807) is 23.6 Å². The van der Waals surface area contributed by atoms with E-state index in [2.05, 4.69) is 10.6 Å². The van der Waals surface area contributed by atoms with Crippen molar-refractivity contribution in [3.8, 4) is 0 Å². The van der Waals surface area contributed by atoms with Crippen molar-refractivity contribution in [1.82, 2.24) is 10.2 Å². The molecule has 25 heavy (non-hydrogen) atoms. The van der Waals surface area contributed by atoms with Crippen LogP contribution in [0.1, 0.15) is 20.7 Å². The van der Waals surface area contributed by atoms with Crippen LogP contribution in [0.5, 0.6) is 0 Å². The second kappa shape index (κ2) is 7.56. The second-order valence-corrected chi connectivity index (χ2v) is 7.18. The summed E-state index contributed by atoms with van der Waals surface area (Å²) in [5, 5.41) is 9.92. The summed E-state index contributed by atoms with van der Waals surface area (Å²) in [6, 6.07) is 9.03. The lowest BCUT2D eigenvalue weighted by molar-refractivity contribution is 0.0782. The number of halogens is 1. The number of hydrogen-bond donors (Lipinski definition) is 2. The number of para-hydroxylation sites is 1. The molecule has 1 aromatic heterocycles. The number of hydrogen-bond acceptors (Lipinski definition) is 4. The highest BCUT2D eigenvalue weighted by Gasteiger charge is 2.38.